The molecule has 5 heterocycles. The largest absolute Gasteiger partial charge is 0.478 e. The van der Waals surface area contributed by atoms with E-state index in [1.165, 1.54) is 0 Å². The molecule has 0 spiro atoms. The van der Waals surface area contributed by atoms with Gasteiger partial charge in [-0.3, -0.25) is 4.90 Å². The number of benzene rings is 3. The van der Waals surface area contributed by atoms with E-state index in [-0.39, 0.29) is 11.7 Å². The highest BCUT2D eigenvalue weighted by Gasteiger charge is 2.43. The number of hydrogen-bond donors (Lipinski definition) is 1. The van der Waals surface area contributed by atoms with Crippen LogP contribution in [0.25, 0.3) is 22.0 Å². The van der Waals surface area contributed by atoms with Gasteiger partial charge in [-0.15, -0.1) is 0 Å². The van der Waals surface area contributed by atoms with Crippen LogP contribution in [0.4, 0.5) is 0 Å². The van der Waals surface area contributed by atoms with E-state index in [9.17, 15) is 9.90 Å². The summed E-state index contributed by atoms with van der Waals surface area (Å²) in [6.45, 7) is 5.86. The molecule has 0 bridgehead atoms. The lowest BCUT2D eigenvalue weighted by atomic mass is 9.88. The van der Waals surface area contributed by atoms with Crippen LogP contribution >= 0.6 is 11.6 Å². The second-order valence-electron chi connectivity index (χ2n) is 12.1. The number of carboxylic acid groups (broad SMARTS) is 1. The Morgan fingerprint density at radius 1 is 1.09 bits per heavy atom. The number of aromatic nitrogens is 2. The zero-order valence-electron chi connectivity index (χ0n) is 24.3. The van der Waals surface area contributed by atoms with E-state index in [0.29, 0.717) is 29.6 Å². The van der Waals surface area contributed by atoms with Gasteiger partial charge in [0.25, 0.3) is 5.79 Å². The number of rotatable bonds is 7. The molecule has 0 radical (unpaired) electrons. The third-order valence-corrected chi connectivity index (χ3v) is 9.64. The lowest BCUT2D eigenvalue weighted by Gasteiger charge is -2.33. The molecule has 5 aromatic rings. The van der Waals surface area contributed by atoms with Crippen molar-refractivity contribution in [3.8, 4) is 11.5 Å². The normalized spacial score (nSPS) is 22.1. The molecule has 2 aromatic heterocycles. The van der Waals surface area contributed by atoms with Gasteiger partial charge < -0.3 is 28.3 Å². The summed E-state index contributed by atoms with van der Waals surface area (Å²) >= 11 is 6.40. The second kappa shape index (κ2) is 10.5. The van der Waals surface area contributed by atoms with Crippen LogP contribution in [0.15, 0.2) is 65.3 Å². The molecule has 1 unspecified atom stereocenters. The standard InChI is InChI=1S/C34H32ClN3O6/c1-34(25-6-7-26(35)24-12-16-42-31(24)25)43-29-4-2-3-23(32(29)44-34)20-9-13-37(14-10-20)19-30-36-27-8-5-21(33(39)40)17-28(27)38(30)18-22-11-15-41-22/h2-8,12,16-17,20,22H,9-11,13-15,18-19H2,1H3,(H,39,40)/t22-,34?/m0/s1. The molecule has 2 saturated heterocycles. The van der Waals surface area contributed by atoms with E-state index in [1.807, 2.05) is 37.3 Å². The average Bonchev–Trinajstić information content (AvgIpc) is 3.71. The first-order valence-corrected chi connectivity index (χ1v) is 15.5. The second-order valence-corrected chi connectivity index (χ2v) is 12.5. The third kappa shape index (κ3) is 4.62. The van der Waals surface area contributed by atoms with Gasteiger partial charge in [0.2, 0.25) is 0 Å². The summed E-state index contributed by atoms with van der Waals surface area (Å²) in [5.74, 6) is 0.809. The SMILES string of the molecule is CC1(c2ccc(Cl)c3ccoc23)Oc2cccc(C3CCN(Cc4nc5ccc(C(=O)O)cc5n4C[C@@H]4CCO4)CC3)c2O1. The number of imidazole rings is 1. The molecule has 2 fully saturated rings. The summed E-state index contributed by atoms with van der Waals surface area (Å²) in [5, 5.41) is 11.0. The van der Waals surface area contributed by atoms with Crippen LogP contribution in [0, 0.1) is 0 Å². The summed E-state index contributed by atoms with van der Waals surface area (Å²) in [4.78, 5) is 19.0. The Labute approximate surface area is 258 Å². The van der Waals surface area contributed by atoms with Crippen LogP contribution in [-0.2, 0) is 23.6 Å². The molecule has 226 valence electrons. The number of aromatic carboxylic acids is 1. The predicted octanol–water partition coefficient (Wildman–Crippen LogP) is 6.95. The van der Waals surface area contributed by atoms with Crippen molar-refractivity contribution < 1.29 is 28.5 Å². The minimum Gasteiger partial charge on any atom is -0.478 e. The topological polar surface area (TPSA) is 99.2 Å². The number of furan rings is 1. The maximum absolute atomic E-state index is 11.7. The summed E-state index contributed by atoms with van der Waals surface area (Å²) in [6.07, 6.45) is 4.70. The number of halogens is 1. The number of nitrogens with zero attached hydrogens (tertiary/aromatic N) is 3. The molecule has 0 saturated carbocycles. The summed E-state index contributed by atoms with van der Waals surface area (Å²) in [7, 11) is 0. The smallest absolute Gasteiger partial charge is 0.335 e. The van der Waals surface area contributed by atoms with E-state index < -0.39 is 11.8 Å². The number of carbonyl (C=O) groups is 1. The fourth-order valence-electron chi connectivity index (χ4n) is 6.83. The fraction of sp³-hybridized carbons (Fsp3) is 0.353. The molecule has 3 aliphatic rings. The number of fused-ring (bicyclic) bond motifs is 3. The third-order valence-electron chi connectivity index (χ3n) is 9.31. The molecular formula is C34H32ClN3O6. The van der Waals surface area contributed by atoms with Crippen LogP contribution in [0.3, 0.4) is 0 Å². The Hall–Kier alpha value is -4.05. The van der Waals surface area contributed by atoms with Gasteiger partial charge in [-0.2, -0.15) is 0 Å². The number of piperidine rings is 1. The number of ether oxygens (including phenoxy) is 3. The highest BCUT2D eigenvalue weighted by molar-refractivity contribution is 6.35. The number of para-hydroxylation sites is 1. The monoisotopic (exact) mass is 613 g/mol. The average molecular weight is 614 g/mol. The molecule has 0 amide bonds. The lowest BCUT2D eigenvalue weighted by Crippen LogP contribution is -2.35. The van der Waals surface area contributed by atoms with Crippen molar-refractivity contribution in [2.75, 3.05) is 19.7 Å². The van der Waals surface area contributed by atoms with E-state index in [4.69, 9.17) is 35.2 Å². The summed E-state index contributed by atoms with van der Waals surface area (Å²) < 4.78 is 26.8. The molecule has 10 heteroatoms. The first-order chi connectivity index (χ1) is 21.4. The van der Waals surface area contributed by atoms with Crippen LogP contribution in [0.1, 0.15) is 59.4 Å². The Morgan fingerprint density at radius 2 is 1.93 bits per heavy atom. The first-order valence-electron chi connectivity index (χ1n) is 15.1. The van der Waals surface area contributed by atoms with Crippen molar-refractivity contribution in [3.05, 3.63) is 88.4 Å². The Kier molecular flexibility index (Phi) is 6.59. The van der Waals surface area contributed by atoms with Crippen molar-refractivity contribution >= 4 is 39.6 Å². The van der Waals surface area contributed by atoms with Gasteiger partial charge in [0.1, 0.15) is 11.4 Å². The van der Waals surface area contributed by atoms with Gasteiger partial charge in [-0.1, -0.05) is 23.7 Å². The number of carboxylic acids is 1. The predicted molar refractivity (Wildman–Crippen MR) is 165 cm³/mol. The van der Waals surface area contributed by atoms with Crippen molar-refractivity contribution in [3.63, 3.8) is 0 Å². The van der Waals surface area contributed by atoms with E-state index in [1.54, 1.807) is 24.5 Å². The molecule has 3 aromatic carbocycles. The highest BCUT2D eigenvalue weighted by Crippen LogP contribution is 2.50. The highest BCUT2D eigenvalue weighted by atomic mass is 35.5. The van der Waals surface area contributed by atoms with Gasteiger partial charge in [0.15, 0.2) is 11.5 Å². The Bertz CT molecular complexity index is 1900. The van der Waals surface area contributed by atoms with Gasteiger partial charge in [-0.05, 0) is 80.7 Å². The minimum absolute atomic E-state index is 0.134. The van der Waals surface area contributed by atoms with E-state index in [0.717, 1.165) is 83.8 Å². The first kappa shape index (κ1) is 27.5. The Morgan fingerprint density at radius 3 is 2.70 bits per heavy atom. The molecular weight excluding hydrogens is 582 g/mol. The lowest BCUT2D eigenvalue weighted by molar-refractivity contribution is -0.0678. The van der Waals surface area contributed by atoms with Gasteiger partial charge in [-0.25, -0.2) is 9.78 Å². The summed E-state index contributed by atoms with van der Waals surface area (Å²) in [5.41, 5.74) is 4.54. The Balaban J connectivity index is 1.01. The van der Waals surface area contributed by atoms with Crippen LogP contribution in [0.2, 0.25) is 5.02 Å². The fourth-order valence-corrected chi connectivity index (χ4v) is 7.04. The minimum atomic E-state index is -1.04. The van der Waals surface area contributed by atoms with Gasteiger partial charge >= 0.3 is 5.97 Å². The van der Waals surface area contributed by atoms with Crippen LogP contribution in [-0.4, -0.2) is 51.3 Å². The van der Waals surface area contributed by atoms with E-state index in [2.05, 4.69) is 15.5 Å². The zero-order chi connectivity index (χ0) is 30.0. The molecule has 9 nitrogen and oxygen atoms in total. The maximum atomic E-state index is 11.7. The maximum Gasteiger partial charge on any atom is 0.335 e. The zero-order valence-corrected chi connectivity index (χ0v) is 25.0. The van der Waals surface area contributed by atoms with Crippen molar-refractivity contribution in [2.45, 2.75) is 57.1 Å². The summed E-state index contributed by atoms with van der Waals surface area (Å²) in [6, 6.07) is 16.9. The molecule has 0 aliphatic carbocycles. The van der Waals surface area contributed by atoms with Crippen molar-refractivity contribution in [1.82, 2.24) is 14.5 Å². The molecule has 8 rings (SSSR count). The van der Waals surface area contributed by atoms with Crippen molar-refractivity contribution in [2.24, 2.45) is 0 Å². The van der Waals surface area contributed by atoms with Gasteiger partial charge in [0, 0.05) is 24.5 Å². The molecule has 1 N–H and O–H groups in total. The number of hydrogen-bond acceptors (Lipinski definition) is 7. The van der Waals surface area contributed by atoms with Crippen molar-refractivity contribution in [1.29, 1.82) is 0 Å². The number of likely N-dealkylation sites (tertiary alicyclic amines) is 1. The molecule has 44 heavy (non-hydrogen) atoms. The van der Waals surface area contributed by atoms with Crippen LogP contribution < -0.4 is 9.47 Å². The van der Waals surface area contributed by atoms with Gasteiger partial charge in [0.05, 0.1) is 52.6 Å². The van der Waals surface area contributed by atoms with E-state index >= 15 is 0 Å². The van der Waals surface area contributed by atoms with Crippen LogP contribution in [0.5, 0.6) is 11.5 Å². The molecule has 3 aliphatic heterocycles. The molecule has 2 atom stereocenters. The quantitative estimate of drug-likeness (QED) is 0.211.